The summed E-state index contributed by atoms with van der Waals surface area (Å²) in [5, 5.41) is 3.04. The highest BCUT2D eigenvalue weighted by Gasteiger charge is 2.30. The fourth-order valence-electron chi connectivity index (χ4n) is 3.56. The van der Waals surface area contributed by atoms with Gasteiger partial charge in [-0.3, -0.25) is 9.10 Å². The Balaban J connectivity index is 1.96. The lowest BCUT2D eigenvalue weighted by molar-refractivity contribution is -0.119. The van der Waals surface area contributed by atoms with E-state index >= 15 is 0 Å². The van der Waals surface area contributed by atoms with Gasteiger partial charge in [0.2, 0.25) is 5.91 Å². The third-order valence-electron chi connectivity index (χ3n) is 5.34. The van der Waals surface area contributed by atoms with E-state index in [1.54, 1.807) is 6.07 Å². The van der Waals surface area contributed by atoms with Gasteiger partial charge in [-0.05, 0) is 55.0 Å². The normalized spacial score (nSPS) is 10.9. The molecule has 0 bridgehead atoms. The summed E-state index contributed by atoms with van der Waals surface area (Å²) in [5.74, 6) is 0.953. The van der Waals surface area contributed by atoms with Crippen molar-refractivity contribution >= 4 is 33.2 Å². The number of hydrogen-bond donors (Lipinski definition) is 1. The Labute approximate surface area is 221 Å². The van der Waals surface area contributed by atoms with Crippen LogP contribution in [0.1, 0.15) is 12.5 Å². The van der Waals surface area contributed by atoms with Crippen LogP contribution in [0, 0.1) is 0 Å². The van der Waals surface area contributed by atoms with Gasteiger partial charge in [0.25, 0.3) is 10.0 Å². The minimum absolute atomic E-state index is 0.107. The first-order valence-corrected chi connectivity index (χ1v) is 13.1. The lowest BCUT2D eigenvalue weighted by Crippen LogP contribution is -2.40. The number of methoxy groups -OCH3 is 3. The highest BCUT2D eigenvalue weighted by molar-refractivity contribution is 7.92. The number of carbonyl (C=O) groups excluding carboxylic acids is 1. The molecular weight excluding hydrogens is 520 g/mol. The lowest BCUT2D eigenvalue weighted by atomic mass is 10.2. The molecule has 1 amide bonds. The number of nitrogens with one attached hydrogen (secondary N) is 1. The summed E-state index contributed by atoms with van der Waals surface area (Å²) in [4.78, 5) is 12.9. The molecule has 9 nitrogen and oxygen atoms in total. The summed E-state index contributed by atoms with van der Waals surface area (Å²) < 4.78 is 50.0. The van der Waals surface area contributed by atoms with Gasteiger partial charge in [-0.2, -0.15) is 0 Å². The van der Waals surface area contributed by atoms with E-state index in [-0.39, 0.29) is 33.6 Å². The van der Waals surface area contributed by atoms with E-state index in [0.29, 0.717) is 18.1 Å². The van der Waals surface area contributed by atoms with Crippen molar-refractivity contribution in [2.45, 2.75) is 18.4 Å². The maximum Gasteiger partial charge on any atom is 0.265 e. The van der Waals surface area contributed by atoms with Gasteiger partial charge in [-0.1, -0.05) is 23.7 Å². The number of nitrogens with zero attached hydrogens (tertiary/aromatic N) is 1. The SMILES string of the molecule is CCOc1cccc(CNC(=O)CN(c2cc(Cl)ccc2OC)S(=O)(=O)c2ccc(OC)c(OC)c2)c1. The van der Waals surface area contributed by atoms with E-state index < -0.39 is 22.5 Å². The van der Waals surface area contributed by atoms with Gasteiger partial charge in [-0.15, -0.1) is 0 Å². The second-order valence-electron chi connectivity index (χ2n) is 7.70. The number of halogens is 1. The summed E-state index contributed by atoms with van der Waals surface area (Å²) in [6.07, 6.45) is 0. The van der Waals surface area contributed by atoms with Crippen molar-refractivity contribution in [2.24, 2.45) is 0 Å². The molecule has 0 fully saturated rings. The first-order valence-electron chi connectivity index (χ1n) is 11.3. The van der Waals surface area contributed by atoms with Gasteiger partial charge in [0.15, 0.2) is 11.5 Å². The molecule has 0 unspecified atom stereocenters. The molecule has 11 heteroatoms. The number of anilines is 1. The van der Waals surface area contributed by atoms with Gasteiger partial charge in [-0.25, -0.2) is 8.42 Å². The average Bonchev–Trinajstić information content (AvgIpc) is 2.90. The van der Waals surface area contributed by atoms with E-state index in [4.69, 9.17) is 30.5 Å². The molecule has 0 saturated heterocycles. The van der Waals surface area contributed by atoms with Crippen LogP contribution in [0.15, 0.2) is 65.6 Å². The predicted molar refractivity (Wildman–Crippen MR) is 142 cm³/mol. The zero-order valence-corrected chi connectivity index (χ0v) is 22.6. The van der Waals surface area contributed by atoms with E-state index in [0.717, 1.165) is 9.87 Å². The highest BCUT2D eigenvalue weighted by Crippen LogP contribution is 2.37. The molecule has 0 spiro atoms. The Bertz CT molecular complexity index is 1350. The molecule has 0 radical (unpaired) electrons. The first-order chi connectivity index (χ1) is 17.7. The lowest BCUT2D eigenvalue weighted by Gasteiger charge is -2.26. The summed E-state index contributed by atoms with van der Waals surface area (Å²) in [5.41, 5.74) is 0.909. The molecule has 0 aliphatic rings. The number of carbonyl (C=O) groups is 1. The van der Waals surface area contributed by atoms with Crippen molar-refractivity contribution in [3.63, 3.8) is 0 Å². The van der Waals surface area contributed by atoms with Crippen LogP contribution >= 0.6 is 11.6 Å². The second kappa shape index (κ2) is 12.6. The van der Waals surface area contributed by atoms with Gasteiger partial charge in [0.1, 0.15) is 18.0 Å². The van der Waals surface area contributed by atoms with Crippen LogP contribution in [-0.4, -0.2) is 48.8 Å². The van der Waals surface area contributed by atoms with Crippen LogP contribution in [0.3, 0.4) is 0 Å². The van der Waals surface area contributed by atoms with Crippen molar-refractivity contribution in [3.8, 4) is 23.0 Å². The van der Waals surface area contributed by atoms with Gasteiger partial charge >= 0.3 is 0 Å². The Morgan fingerprint density at radius 1 is 0.919 bits per heavy atom. The molecule has 37 heavy (non-hydrogen) atoms. The van der Waals surface area contributed by atoms with Crippen LogP contribution in [-0.2, 0) is 21.4 Å². The standard InChI is InChI=1S/C26H29ClN2O7S/c1-5-36-20-8-6-7-18(13-20)16-28-26(30)17-29(22-14-19(27)9-11-23(22)33-2)37(31,32)21-10-12-24(34-3)25(15-21)35-4/h6-15H,5,16-17H2,1-4H3,(H,28,30). The molecule has 3 aromatic carbocycles. The smallest absolute Gasteiger partial charge is 0.265 e. The third-order valence-corrected chi connectivity index (χ3v) is 7.33. The molecule has 0 saturated carbocycles. The van der Waals surface area contributed by atoms with Crippen LogP contribution in [0.4, 0.5) is 5.69 Å². The van der Waals surface area contributed by atoms with E-state index in [2.05, 4.69) is 5.32 Å². The van der Waals surface area contributed by atoms with Crippen molar-refractivity contribution in [1.82, 2.24) is 5.32 Å². The van der Waals surface area contributed by atoms with Crippen LogP contribution in [0.5, 0.6) is 23.0 Å². The van der Waals surface area contributed by atoms with Crippen molar-refractivity contribution in [1.29, 1.82) is 0 Å². The molecule has 0 aliphatic heterocycles. The zero-order chi connectivity index (χ0) is 27.0. The van der Waals surface area contributed by atoms with Crippen LogP contribution in [0.25, 0.3) is 0 Å². The molecule has 0 atom stereocenters. The fraction of sp³-hybridized carbons (Fsp3) is 0.269. The maximum atomic E-state index is 13.8. The molecular formula is C26H29ClN2O7S. The van der Waals surface area contributed by atoms with Crippen molar-refractivity contribution in [3.05, 3.63) is 71.2 Å². The minimum Gasteiger partial charge on any atom is -0.495 e. The molecule has 0 aliphatic carbocycles. The Morgan fingerprint density at radius 2 is 1.62 bits per heavy atom. The number of rotatable bonds is 12. The minimum atomic E-state index is -4.27. The largest absolute Gasteiger partial charge is 0.495 e. The number of hydrogen-bond acceptors (Lipinski definition) is 7. The van der Waals surface area contributed by atoms with Gasteiger partial charge < -0.3 is 24.3 Å². The van der Waals surface area contributed by atoms with E-state index in [1.807, 2.05) is 31.2 Å². The third kappa shape index (κ3) is 6.78. The Kier molecular flexibility index (Phi) is 9.48. The molecule has 198 valence electrons. The number of benzene rings is 3. The zero-order valence-electron chi connectivity index (χ0n) is 21.0. The number of ether oxygens (including phenoxy) is 4. The fourth-order valence-corrected chi connectivity index (χ4v) is 5.17. The molecule has 3 aromatic rings. The Hall–Kier alpha value is -3.63. The van der Waals surface area contributed by atoms with Crippen LogP contribution in [0.2, 0.25) is 5.02 Å². The highest BCUT2D eigenvalue weighted by atomic mass is 35.5. The molecule has 3 rings (SSSR count). The van der Waals surface area contributed by atoms with Crippen molar-refractivity contribution < 1.29 is 32.2 Å². The first kappa shape index (κ1) is 27.9. The summed E-state index contributed by atoms with van der Waals surface area (Å²) in [7, 11) is -0.0219. The quantitative estimate of drug-likeness (QED) is 0.360. The van der Waals surface area contributed by atoms with Crippen LogP contribution < -0.4 is 28.6 Å². The van der Waals surface area contributed by atoms with Gasteiger partial charge in [0, 0.05) is 17.6 Å². The predicted octanol–water partition coefficient (Wildman–Crippen LogP) is 4.28. The maximum absolute atomic E-state index is 13.8. The second-order valence-corrected chi connectivity index (χ2v) is 10.0. The summed E-state index contributed by atoms with van der Waals surface area (Å²) in [6, 6.07) is 16.0. The van der Waals surface area contributed by atoms with E-state index in [1.165, 1.54) is 51.7 Å². The van der Waals surface area contributed by atoms with Crippen molar-refractivity contribution in [2.75, 3.05) is 38.8 Å². The van der Waals surface area contributed by atoms with E-state index in [9.17, 15) is 13.2 Å². The average molecular weight is 549 g/mol. The topological polar surface area (TPSA) is 103 Å². The molecule has 0 heterocycles. The summed E-state index contributed by atoms with van der Waals surface area (Å²) >= 11 is 6.19. The Morgan fingerprint density at radius 3 is 2.30 bits per heavy atom. The number of sulfonamides is 1. The number of amides is 1. The molecule has 1 N–H and O–H groups in total. The summed E-state index contributed by atoms with van der Waals surface area (Å²) in [6.45, 7) is 2.04. The monoisotopic (exact) mass is 548 g/mol. The van der Waals surface area contributed by atoms with Gasteiger partial charge in [0.05, 0.1) is 38.5 Å². The molecule has 0 aromatic heterocycles.